The Morgan fingerprint density at radius 1 is 1.16 bits per heavy atom. The molecule has 0 bridgehead atoms. The van der Waals surface area contributed by atoms with Crippen molar-refractivity contribution >= 4 is 39.3 Å². The van der Waals surface area contributed by atoms with Crippen molar-refractivity contribution in [1.82, 2.24) is 10.2 Å². The summed E-state index contributed by atoms with van der Waals surface area (Å²) in [6, 6.07) is 14.5. The average molecular weight is 522 g/mol. The maximum Gasteiger partial charge on any atom is 0.261 e. The number of carbonyl (C=O) groups is 2. The van der Waals surface area contributed by atoms with E-state index in [-0.39, 0.29) is 24.5 Å². The molecule has 0 heterocycles. The lowest BCUT2D eigenvalue weighted by Gasteiger charge is -2.32. The first-order valence-electron chi connectivity index (χ1n) is 11.2. The number of carbonyl (C=O) groups excluding carboxylic acids is 2. The van der Waals surface area contributed by atoms with Gasteiger partial charge in [0.25, 0.3) is 5.91 Å². The quantitative estimate of drug-likeness (QED) is 0.458. The molecule has 3 rings (SSSR count). The molecular weight excluding hydrogens is 492 g/mol. The Balaban J connectivity index is 1.74. The second-order valence-electron chi connectivity index (χ2n) is 8.14. The molecule has 1 aliphatic rings. The number of nitrogens with one attached hydrogen (secondary N) is 1. The number of amides is 2. The molecule has 0 aromatic heterocycles. The zero-order valence-electron chi connectivity index (χ0n) is 18.4. The first kappa shape index (κ1) is 24.6. The monoisotopic (exact) mass is 520 g/mol. The first-order valence-corrected chi connectivity index (χ1v) is 12.4. The van der Waals surface area contributed by atoms with Gasteiger partial charge in [-0.2, -0.15) is 0 Å². The predicted molar refractivity (Wildman–Crippen MR) is 131 cm³/mol. The molecule has 1 N–H and O–H groups in total. The largest absolute Gasteiger partial charge is 0.483 e. The molecule has 0 spiro atoms. The van der Waals surface area contributed by atoms with E-state index in [4.69, 9.17) is 16.3 Å². The molecule has 1 atom stereocenters. The molecule has 0 radical (unpaired) electrons. The van der Waals surface area contributed by atoms with Gasteiger partial charge in [-0.15, -0.1) is 0 Å². The van der Waals surface area contributed by atoms with Crippen molar-refractivity contribution in [2.24, 2.45) is 0 Å². The van der Waals surface area contributed by atoms with Gasteiger partial charge in [-0.25, -0.2) is 0 Å². The van der Waals surface area contributed by atoms with Gasteiger partial charge >= 0.3 is 0 Å². The van der Waals surface area contributed by atoms with E-state index in [1.807, 2.05) is 37.3 Å². The maximum atomic E-state index is 13.3. The lowest BCUT2D eigenvalue weighted by Crippen LogP contribution is -2.52. The van der Waals surface area contributed by atoms with Gasteiger partial charge in [0, 0.05) is 17.6 Å². The van der Waals surface area contributed by atoms with Gasteiger partial charge in [0.15, 0.2) is 6.61 Å². The molecule has 32 heavy (non-hydrogen) atoms. The molecule has 2 amide bonds. The Kier molecular flexibility index (Phi) is 9.42. The third-order valence-electron chi connectivity index (χ3n) is 5.78. The summed E-state index contributed by atoms with van der Waals surface area (Å²) in [6.07, 6.45) is 6.03. The first-order chi connectivity index (χ1) is 15.5. The SMILES string of the molecule is CCC(C(=O)NC1CCCCC1)N(Cc1ccccc1)C(=O)COc1ccc(Cl)cc1Br. The Morgan fingerprint density at radius 2 is 1.88 bits per heavy atom. The minimum absolute atomic E-state index is 0.0867. The zero-order valence-corrected chi connectivity index (χ0v) is 20.7. The van der Waals surface area contributed by atoms with Gasteiger partial charge < -0.3 is 15.0 Å². The summed E-state index contributed by atoms with van der Waals surface area (Å²) in [5.41, 5.74) is 0.970. The molecule has 1 saturated carbocycles. The van der Waals surface area contributed by atoms with Gasteiger partial charge in [-0.05, 0) is 59.0 Å². The Bertz CT molecular complexity index is 903. The second kappa shape index (κ2) is 12.3. The van der Waals surface area contributed by atoms with Crippen LogP contribution in [0.15, 0.2) is 53.0 Å². The van der Waals surface area contributed by atoms with Crippen LogP contribution in [0.3, 0.4) is 0 Å². The summed E-state index contributed by atoms with van der Waals surface area (Å²) in [6.45, 7) is 2.12. The standard InChI is InChI=1S/C25H30BrClN2O3/c1-2-22(25(31)28-20-11-7-4-8-12-20)29(16-18-9-5-3-6-10-18)24(30)17-32-23-14-13-19(27)15-21(23)26/h3,5-6,9-10,13-15,20,22H,2,4,7-8,11-12,16-17H2,1H3,(H,28,31). The molecule has 1 unspecified atom stereocenters. The summed E-state index contributed by atoms with van der Waals surface area (Å²) in [5, 5.41) is 3.76. The number of hydrogen-bond donors (Lipinski definition) is 1. The van der Waals surface area contributed by atoms with Crippen molar-refractivity contribution in [3.05, 3.63) is 63.6 Å². The summed E-state index contributed by atoms with van der Waals surface area (Å²) < 4.78 is 6.44. The van der Waals surface area contributed by atoms with Crippen LogP contribution < -0.4 is 10.1 Å². The molecule has 0 aliphatic heterocycles. The molecule has 172 valence electrons. The highest BCUT2D eigenvalue weighted by atomic mass is 79.9. The number of ether oxygens (including phenoxy) is 1. The van der Waals surface area contributed by atoms with Crippen LogP contribution in [0.5, 0.6) is 5.75 Å². The van der Waals surface area contributed by atoms with E-state index in [0.717, 1.165) is 31.2 Å². The van der Waals surface area contributed by atoms with Crippen LogP contribution in [0, 0.1) is 0 Å². The molecule has 5 nitrogen and oxygen atoms in total. The van der Waals surface area contributed by atoms with Gasteiger partial charge in [0.2, 0.25) is 5.91 Å². The van der Waals surface area contributed by atoms with Crippen molar-refractivity contribution in [1.29, 1.82) is 0 Å². The van der Waals surface area contributed by atoms with E-state index in [0.29, 0.717) is 28.2 Å². The van der Waals surface area contributed by atoms with Crippen LogP contribution in [0.2, 0.25) is 5.02 Å². The zero-order chi connectivity index (χ0) is 22.9. The van der Waals surface area contributed by atoms with Crippen LogP contribution in [-0.2, 0) is 16.1 Å². The van der Waals surface area contributed by atoms with Crippen LogP contribution in [0.25, 0.3) is 0 Å². The number of hydrogen-bond acceptors (Lipinski definition) is 3. The highest BCUT2D eigenvalue weighted by Crippen LogP contribution is 2.28. The Labute approximate surface area is 203 Å². The van der Waals surface area contributed by atoms with Crippen molar-refractivity contribution in [2.45, 2.75) is 64.1 Å². The molecule has 1 aliphatic carbocycles. The van der Waals surface area contributed by atoms with E-state index in [1.165, 1.54) is 6.42 Å². The predicted octanol–water partition coefficient (Wildman–Crippen LogP) is 5.74. The van der Waals surface area contributed by atoms with E-state index >= 15 is 0 Å². The highest BCUT2D eigenvalue weighted by molar-refractivity contribution is 9.10. The molecule has 2 aromatic carbocycles. The van der Waals surface area contributed by atoms with Crippen molar-refractivity contribution < 1.29 is 14.3 Å². The third-order valence-corrected chi connectivity index (χ3v) is 6.63. The maximum absolute atomic E-state index is 13.3. The topological polar surface area (TPSA) is 58.6 Å². The smallest absolute Gasteiger partial charge is 0.261 e. The number of benzene rings is 2. The second-order valence-corrected chi connectivity index (χ2v) is 9.43. The van der Waals surface area contributed by atoms with E-state index in [2.05, 4.69) is 21.2 Å². The Hall–Kier alpha value is -2.05. The molecule has 0 saturated heterocycles. The van der Waals surface area contributed by atoms with Crippen LogP contribution in [0.1, 0.15) is 51.0 Å². The van der Waals surface area contributed by atoms with E-state index in [1.54, 1.807) is 23.1 Å². The average Bonchev–Trinajstić information content (AvgIpc) is 2.79. The summed E-state index contributed by atoms with van der Waals surface area (Å²) >= 11 is 9.40. The number of rotatable bonds is 9. The normalized spacial score (nSPS) is 15.1. The van der Waals surface area contributed by atoms with Crippen molar-refractivity contribution in [3.8, 4) is 5.75 Å². The van der Waals surface area contributed by atoms with Crippen LogP contribution in [0.4, 0.5) is 0 Å². The highest BCUT2D eigenvalue weighted by Gasteiger charge is 2.30. The fraction of sp³-hybridized carbons (Fsp3) is 0.440. The lowest BCUT2D eigenvalue weighted by atomic mass is 9.95. The summed E-state index contributed by atoms with van der Waals surface area (Å²) in [5.74, 6) is 0.208. The van der Waals surface area contributed by atoms with Gasteiger partial charge in [0.1, 0.15) is 11.8 Å². The van der Waals surface area contributed by atoms with Gasteiger partial charge in [0.05, 0.1) is 4.47 Å². The third kappa shape index (κ3) is 6.97. The number of halogens is 2. The van der Waals surface area contributed by atoms with E-state index < -0.39 is 6.04 Å². The summed E-state index contributed by atoms with van der Waals surface area (Å²) in [7, 11) is 0. The summed E-state index contributed by atoms with van der Waals surface area (Å²) in [4.78, 5) is 28.1. The minimum Gasteiger partial charge on any atom is -0.483 e. The Morgan fingerprint density at radius 3 is 2.53 bits per heavy atom. The van der Waals surface area contributed by atoms with Crippen molar-refractivity contribution in [3.63, 3.8) is 0 Å². The van der Waals surface area contributed by atoms with Gasteiger partial charge in [-0.3, -0.25) is 9.59 Å². The van der Waals surface area contributed by atoms with Crippen LogP contribution >= 0.6 is 27.5 Å². The molecule has 1 fully saturated rings. The molecule has 7 heteroatoms. The lowest BCUT2D eigenvalue weighted by molar-refractivity contribution is -0.143. The van der Waals surface area contributed by atoms with Crippen LogP contribution in [-0.4, -0.2) is 35.4 Å². The number of nitrogens with zero attached hydrogens (tertiary/aromatic N) is 1. The van der Waals surface area contributed by atoms with Gasteiger partial charge in [-0.1, -0.05) is 68.1 Å². The molecule has 2 aromatic rings. The van der Waals surface area contributed by atoms with Crippen molar-refractivity contribution in [2.75, 3.05) is 6.61 Å². The fourth-order valence-corrected chi connectivity index (χ4v) is 4.86. The molecular formula is C25H30BrClN2O3. The minimum atomic E-state index is -0.554. The fourth-order valence-electron chi connectivity index (χ4n) is 4.06. The van der Waals surface area contributed by atoms with E-state index in [9.17, 15) is 9.59 Å².